The zero-order valence-corrected chi connectivity index (χ0v) is 19.6. The minimum Gasteiger partial charge on any atom is -0.481 e. The summed E-state index contributed by atoms with van der Waals surface area (Å²) in [6.45, 7) is 2.15. The number of aliphatic carboxylic acids is 1. The number of carbonyl (C=O) groups is 3. The summed E-state index contributed by atoms with van der Waals surface area (Å²) in [5.41, 5.74) is 4.43. The molecule has 2 N–H and O–H groups in total. The van der Waals surface area contributed by atoms with E-state index in [1.165, 1.54) is 4.90 Å². The highest BCUT2D eigenvalue weighted by Crippen LogP contribution is 2.44. The first-order valence-electron chi connectivity index (χ1n) is 11.9. The highest BCUT2D eigenvalue weighted by molar-refractivity contribution is 5.87. The molecular formula is C27H29N3O5. The Bertz CT molecular complexity index is 1110. The van der Waals surface area contributed by atoms with Crippen LogP contribution in [0.15, 0.2) is 48.5 Å². The molecule has 2 aliphatic rings. The molecule has 0 saturated carbocycles. The number of ether oxygens (including phenoxy) is 1. The Kier molecular flexibility index (Phi) is 7.35. The topological polar surface area (TPSA) is 120 Å². The molecule has 1 aliphatic carbocycles. The largest absolute Gasteiger partial charge is 0.481 e. The van der Waals surface area contributed by atoms with Crippen molar-refractivity contribution in [3.63, 3.8) is 0 Å². The zero-order chi connectivity index (χ0) is 24.9. The normalized spacial score (nSPS) is 19.4. The number of alkyl carbamates (subject to hydrolysis) is 1. The molecule has 4 rings (SSSR count). The third-order valence-corrected chi connectivity index (χ3v) is 7.07. The molecule has 8 nitrogen and oxygen atoms in total. The number of nitrogens with zero attached hydrogens (tertiary/aromatic N) is 2. The minimum atomic E-state index is -0.932. The van der Waals surface area contributed by atoms with Crippen LogP contribution < -0.4 is 5.32 Å². The molecule has 1 aliphatic heterocycles. The monoisotopic (exact) mass is 475 g/mol. The number of unbranched alkanes of at least 4 members (excludes halogenated alkanes) is 1. The number of carboxylic acid groups (broad SMARTS) is 1. The van der Waals surface area contributed by atoms with Gasteiger partial charge in [-0.3, -0.25) is 9.59 Å². The van der Waals surface area contributed by atoms with E-state index in [9.17, 15) is 19.5 Å². The van der Waals surface area contributed by atoms with Crippen molar-refractivity contribution in [1.82, 2.24) is 10.2 Å². The average molecular weight is 476 g/mol. The number of hydrogen-bond acceptors (Lipinski definition) is 5. The van der Waals surface area contributed by atoms with E-state index in [0.717, 1.165) is 22.3 Å². The smallest absolute Gasteiger partial charge is 0.407 e. The van der Waals surface area contributed by atoms with E-state index >= 15 is 0 Å². The van der Waals surface area contributed by atoms with Crippen LogP contribution in [0.1, 0.15) is 49.7 Å². The van der Waals surface area contributed by atoms with Crippen LogP contribution >= 0.6 is 0 Å². The summed E-state index contributed by atoms with van der Waals surface area (Å²) < 4.78 is 5.60. The molecule has 2 aromatic carbocycles. The van der Waals surface area contributed by atoms with Gasteiger partial charge >= 0.3 is 12.1 Å². The van der Waals surface area contributed by atoms with Gasteiger partial charge < -0.3 is 20.1 Å². The SMILES string of the molecule is CC1C(C(=O)O)CCN1C(=O)C(CCCC#N)NC(=O)OCC1c2ccccc2-c2ccccc21. The van der Waals surface area contributed by atoms with Crippen LogP contribution in [0, 0.1) is 17.2 Å². The van der Waals surface area contributed by atoms with Crippen LogP contribution in [0.4, 0.5) is 4.79 Å². The maximum Gasteiger partial charge on any atom is 0.407 e. The van der Waals surface area contributed by atoms with Gasteiger partial charge in [-0.2, -0.15) is 5.26 Å². The van der Waals surface area contributed by atoms with Crippen molar-refractivity contribution in [3.05, 3.63) is 59.7 Å². The highest BCUT2D eigenvalue weighted by atomic mass is 16.5. The lowest BCUT2D eigenvalue weighted by atomic mass is 9.98. The molecule has 8 heteroatoms. The summed E-state index contributed by atoms with van der Waals surface area (Å²) in [5, 5.41) is 21.0. The molecule has 3 unspecified atom stereocenters. The van der Waals surface area contributed by atoms with E-state index in [1.54, 1.807) is 6.92 Å². The Morgan fingerprint density at radius 1 is 1.14 bits per heavy atom. The molecule has 2 amide bonds. The molecule has 0 aromatic heterocycles. The molecule has 0 bridgehead atoms. The van der Waals surface area contributed by atoms with E-state index in [0.29, 0.717) is 19.4 Å². The van der Waals surface area contributed by atoms with Crippen LogP contribution in [0.5, 0.6) is 0 Å². The van der Waals surface area contributed by atoms with Crippen molar-refractivity contribution in [2.75, 3.05) is 13.2 Å². The predicted octanol–water partition coefficient (Wildman–Crippen LogP) is 3.91. The average Bonchev–Trinajstić information content (AvgIpc) is 3.40. The number of benzene rings is 2. The van der Waals surface area contributed by atoms with Crippen molar-refractivity contribution < 1.29 is 24.2 Å². The van der Waals surface area contributed by atoms with Gasteiger partial charge in [0.05, 0.1) is 12.0 Å². The van der Waals surface area contributed by atoms with Crippen molar-refractivity contribution in [1.29, 1.82) is 5.26 Å². The molecular weight excluding hydrogens is 446 g/mol. The molecule has 182 valence electrons. The lowest BCUT2D eigenvalue weighted by Crippen LogP contribution is -2.50. The Hall–Kier alpha value is -3.86. The number of hydrogen-bond donors (Lipinski definition) is 2. The van der Waals surface area contributed by atoms with E-state index in [2.05, 4.69) is 23.5 Å². The Morgan fingerprint density at radius 2 is 1.77 bits per heavy atom. The second kappa shape index (κ2) is 10.6. The summed E-state index contributed by atoms with van der Waals surface area (Å²) in [6, 6.07) is 16.8. The van der Waals surface area contributed by atoms with Gasteiger partial charge in [0.1, 0.15) is 12.6 Å². The van der Waals surface area contributed by atoms with Crippen molar-refractivity contribution in [2.45, 2.75) is 50.6 Å². The summed E-state index contributed by atoms with van der Waals surface area (Å²) in [6.07, 6.45) is 0.629. The van der Waals surface area contributed by atoms with Crippen molar-refractivity contribution in [2.24, 2.45) is 5.92 Å². The highest BCUT2D eigenvalue weighted by Gasteiger charge is 2.40. The molecule has 1 heterocycles. The number of carbonyl (C=O) groups excluding carboxylic acids is 2. The Labute approximate surface area is 204 Å². The molecule has 0 radical (unpaired) electrons. The van der Waals surface area contributed by atoms with E-state index in [4.69, 9.17) is 10.00 Å². The van der Waals surface area contributed by atoms with Gasteiger partial charge in [-0.15, -0.1) is 0 Å². The minimum absolute atomic E-state index is 0.101. The number of fused-ring (bicyclic) bond motifs is 3. The van der Waals surface area contributed by atoms with E-state index < -0.39 is 30.1 Å². The summed E-state index contributed by atoms with van der Waals surface area (Å²) in [4.78, 5) is 39.0. The third-order valence-electron chi connectivity index (χ3n) is 7.07. The fourth-order valence-electron chi connectivity index (χ4n) is 5.21. The van der Waals surface area contributed by atoms with Gasteiger partial charge in [0.25, 0.3) is 0 Å². The van der Waals surface area contributed by atoms with Gasteiger partial charge in [-0.25, -0.2) is 4.79 Å². The number of nitrogens with one attached hydrogen (secondary N) is 1. The fourth-order valence-corrected chi connectivity index (χ4v) is 5.21. The number of likely N-dealkylation sites (tertiary alicyclic amines) is 1. The Balaban J connectivity index is 1.43. The second-order valence-electron chi connectivity index (χ2n) is 9.08. The van der Waals surface area contributed by atoms with Crippen LogP contribution in [0.25, 0.3) is 11.1 Å². The first kappa shape index (κ1) is 24.3. The molecule has 35 heavy (non-hydrogen) atoms. The number of nitriles is 1. The second-order valence-corrected chi connectivity index (χ2v) is 9.08. The molecule has 0 spiro atoms. The first-order valence-corrected chi connectivity index (χ1v) is 11.9. The number of amides is 2. The van der Waals surface area contributed by atoms with Crippen LogP contribution in [-0.2, 0) is 14.3 Å². The predicted molar refractivity (Wildman–Crippen MR) is 128 cm³/mol. The summed E-state index contributed by atoms with van der Waals surface area (Å²) >= 11 is 0. The molecule has 3 atom stereocenters. The Morgan fingerprint density at radius 3 is 2.34 bits per heavy atom. The molecule has 1 saturated heterocycles. The van der Waals surface area contributed by atoms with Crippen molar-refractivity contribution in [3.8, 4) is 17.2 Å². The summed E-state index contributed by atoms with van der Waals surface area (Å²) in [7, 11) is 0. The summed E-state index contributed by atoms with van der Waals surface area (Å²) in [5.74, 6) is -2.00. The van der Waals surface area contributed by atoms with Crippen LogP contribution in [0.3, 0.4) is 0 Å². The van der Waals surface area contributed by atoms with Gasteiger partial charge in [0.15, 0.2) is 0 Å². The lowest BCUT2D eigenvalue weighted by Gasteiger charge is -2.28. The van der Waals surface area contributed by atoms with E-state index in [-0.39, 0.29) is 31.3 Å². The first-order chi connectivity index (χ1) is 16.9. The van der Waals surface area contributed by atoms with Crippen LogP contribution in [-0.4, -0.2) is 53.2 Å². The molecule has 1 fully saturated rings. The number of rotatable bonds is 8. The number of carboxylic acids is 1. The third kappa shape index (κ3) is 4.99. The maximum absolute atomic E-state index is 13.2. The van der Waals surface area contributed by atoms with Crippen molar-refractivity contribution >= 4 is 18.0 Å². The van der Waals surface area contributed by atoms with Gasteiger partial charge in [0.2, 0.25) is 5.91 Å². The molecule has 2 aromatic rings. The fraction of sp³-hybridized carbons (Fsp3) is 0.407. The van der Waals surface area contributed by atoms with Crippen LogP contribution in [0.2, 0.25) is 0 Å². The quantitative estimate of drug-likeness (QED) is 0.559. The van der Waals surface area contributed by atoms with Gasteiger partial charge in [-0.1, -0.05) is 48.5 Å². The van der Waals surface area contributed by atoms with Gasteiger partial charge in [-0.05, 0) is 48.4 Å². The zero-order valence-electron chi connectivity index (χ0n) is 19.6. The maximum atomic E-state index is 13.2. The van der Waals surface area contributed by atoms with Gasteiger partial charge in [0, 0.05) is 24.9 Å². The van der Waals surface area contributed by atoms with E-state index in [1.807, 2.05) is 36.4 Å². The lowest BCUT2D eigenvalue weighted by molar-refractivity contribution is -0.143. The standard InChI is InChI=1S/C27H29N3O5/c1-17-18(26(32)33)13-15-30(17)25(31)24(12-6-7-14-28)29-27(34)35-16-23-21-10-4-2-8-19(21)20-9-3-5-11-22(20)23/h2-5,8-11,17-18,23-24H,6-7,12-13,15-16H2,1H3,(H,29,34)(H,32,33).